The average Bonchev–Trinajstić information content (AvgIpc) is 2.72. The molecule has 1 aliphatic heterocycles. The molecule has 2 rings (SSSR count). The van der Waals surface area contributed by atoms with Crippen molar-refractivity contribution < 1.29 is 0 Å². The second-order valence-corrected chi connectivity index (χ2v) is 5.87. The zero-order chi connectivity index (χ0) is 11.4. The lowest BCUT2D eigenvalue weighted by Gasteiger charge is -2.42. The van der Waals surface area contributed by atoms with Crippen LogP contribution in [-0.2, 0) is 0 Å². The molecule has 0 bridgehead atoms. The lowest BCUT2D eigenvalue weighted by Crippen LogP contribution is -2.49. The predicted octanol–water partition coefficient (Wildman–Crippen LogP) is 2.64. The minimum atomic E-state index is 0.785. The summed E-state index contributed by atoms with van der Waals surface area (Å²) in [5, 5.41) is 3.64. The van der Waals surface area contributed by atoms with E-state index in [-0.39, 0.29) is 0 Å². The highest BCUT2D eigenvalue weighted by atomic mass is 15.2. The highest BCUT2D eigenvalue weighted by Gasteiger charge is 2.31. The number of rotatable bonds is 6. The van der Waals surface area contributed by atoms with Crippen LogP contribution in [0.15, 0.2) is 0 Å². The van der Waals surface area contributed by atoms with Gasteiger partial charge in [0.2, 0.25) is 0 Å². The fourth-order valence-electron chi connectivity index (χ4n) is 3.14. The Balaban J connectivity index is 1.76. The topological polar surface area (TPSA) is 15.3 Å². The molecule has 0 radical (unpaired) electrons. The Morgan fingerprint density at radius 2 is 2.12 bits per heavy atom. The van der Waals surface area contributed by atoms with Crippen molar-refractivity contribution in [2.75, 3.05) is 19.6 Å². The van der Waals surface area contributed by atoms with Crippen molar-refractivity contribution >= 4 is 0 Å². The van der Waals surface area contributed by atoms with E-state index in [1.54, 1.807) is 0 Å². The molecule has 0 amide bonds. The molecule has 1 saturated carbocycles. The molecular weight excluding hydrogens is 196 g/mol. The molecule has 2 fully saturated rings. The van der Waals surface area contributed by atoms with E-state index in [9.17, 15) is 0 Å². The fourth-order valence-corrected chi connectivity index (χ4v) is 3.14. The number of unbranched alkanes of at least 4 members (excludes halogenated alkanes) is 1. The summed E-state index contributed by atoms with van der Waals surface area (Å²) in [5.74, 6) is 0.977. The Morgan fingerprint density at radius 1 is 1.31 bits per heavy atom. The van der Waals surface area contributed by atoms with E-state index in [2.05, 4.69) is 24.1 Å². The van der Waals surface area contributed by atoms with Gasteiger partial charge in [0.05, 0.1) is 0 Å². The molecule has 0 aromatic rings. The molecule has 1 N–H and O–H groups in total. The van der Waals surface area contributed by atoms with E-state index in [1.165, 1.54) is 58.2 Å². The maximum atomic E-state index is 3.64. The first kappa shape index (κ1) is 12.4. The van der Waals surface area contributed by atoms with Gasteiger partial charge >= 0.3 is 0 Å². The predicted molar refractivity (Wildman–Crippen MR) is 69.7 cm³/mol. The number of nitrogens with one attached hydrogen (secondary N) is 1. The zero-order valence-electron chi connectivity index (χ0n) is 11.0. The number of hydrogen-bond acceptors (Lipinski definition) is 2. The lowest BCUT2D eigenvalue weighted by atomic mass is 9.80. The summed E-state index contributed by atoms with van der Waals surface area (Å²) in [6, 6.07) is 1.69. The molecule has 1 heterocycles. The van der Waals surface area contributed by atoms with Crippen LogP contribution in [0.25, 0.3) is 0 Å². The zero-order valence-corrected chi connectivity index (χ0v) is 11.0. The molecule has 0 aromatic carbocycles. The van der Waals surface area contributed by atoms with Crippen LogP contribution >= 0.6 is 0 Å². The Bertz CT molecular complexity index is 193. The third-order valence-corrected chi connectivity index (χ3v) is 4.28. The van der Waals surface area contributed by atoms with Gasteiger partial charge in [0.15, 0.2) is 0 Å². The number of hydrogen-bond donors (Lipinski definition) is 1. The molecule has 1 atom stereocenters. The van der Waals surface area contributed by atoms with Gasteiger partial charge in [-0.1, -0.05) is 20.3 Å². The summed E-state index contributed by atoms with van der Waals surface area (Å²) in [7, 11) is 0. The summed E-state index contributed by atoms with van der Waals surface area (Å²) in [5.41, 5.74) is 0. The summed E-state index contributed by atoms with van der Waals surface area (Å²) in [6.45, 7) is 8.56. The van der Waals surface area contributed by atoms with Gasteiger partial charge in [-0.25, -0.2) is 0 Å². The van der Waals surface area contributed by atoms with E-state index < -0.39 is 0 Å². The molecule has 2 aliphatic rings. The standard InChI is InChI=1S/C14H28N2/c1-3-4-8-16(14-9-12(2)10-14)11-13-6-5-7-15-13/h12-15H,3-11H2,1-2H3. The van der Waals surface area contributed by atoms with E-state index >= 15 is 0 Å². The van der Waals surface area contributed by atoms with Crippen LogP contribution < -0.4 is 5.32 Å². The first-order valence-electron chi connectivity index (χ1n) is 7.27. The van der Waals surface area contributed by atoms with Crippen molar-refractivity contribution in [3.05, 3.63) is 0 Å². The molecule has 0 aromatic heterocycles. The van der Waals surface area contributed by atoms with Gasteiger partial charge in [-0.05, 0) is 51.1 Å². The summed E-state index contributed by atoms with van der Waals surface area (Å²) >= 11 is 0. The van der Waals surface area contributed by atoms with Gasteiger partial charge in [-0.15, -0.1) is 0 Å². The Hall–Kier alpha value is -0.0800. The summed E-state index contributed by atoms with van der Waals surface area (Å²) in [6.07, 6.45) is 8.36. The van der Waals surface area contributed by atoms with Crippen molar-refractivity contribution in [1.29, 1.82) is 0 Å². The molecule has 1 aliphatic carbocycles. The minimum absolute atomic E-state index is 0.785. The summed E-state index contributed by atoms with van der Waals surface area (Å²) < 4.78 is 0. The Morgan fingerprint density at radius 3 is 2.69 bits per heavy atom. The van der Waals surface area contributed by atoms with E-state index in [4.69, 9.17) is 0 Å². The van der Waals surface area contributed by atoms with Gasteiger partial charge in [-0.3, -0.25) is 4.90 Å². The van der Waals surface area contributed by atoms with E-state index in [0.29, 0.717) is 0 Å². The van der Waals surface area contributed by atoms with E-state index in [1.807, 2.05) is 0 Å². The van der Waals surface area contributed by atoms with Crippen LogP contribution in [0, 0.1) is 5.92 Å². The maximum Gasteiger partial charge on any atom is 0.0195 e. The molecular formula is C14H28N2. The first-order chi connectivity index (χ1) is 7.79. The molecule has 2 nitrogen and oxygen atoms in total. The van der Waals surface area contributed by atoms with Gasteiger partial charge in [-0.2, -0.15) is 0 Å². The maximum absolute atomic E-state index is 3.64. The Labute approximate surface area is 101 Å². The highest BCUT2D eigenvalue weighted by molar-refractivity contribution is 4.88. The van der Waals surface area contributed by atoms with Gasteiger partial charge in [0.25, 0.3) is 0 Å². The van der Waals surface area contributed by atoms with E-state index in [0.717, 1.165) is 18.0 Å². The van der Waals surface area contributed by atoms with Crippen LogP contribution in [0.2, 0.25) is 0 Å². The second-order valence-electron chi connectivity index (χ2n) is 5.87. The van der Waals surface area contributed by atoms with Crippen molar-refractivity contribution in [2.45, 2.75) is 64.5 Å². The molecule has 1 unspecified atom stereocenters. The molecule has 94 valence electrons. The molecule has 0 spiro atoms. The average molecular weight is 224 g/mol. The second kappa shape index (κ2) is 6.02. The highest BCUT2D eigenvalue weighted by Crippen LogP contribution is 2.31. The van der Waals surface area contributed by atoms with Crippen LogP contribution in [0.1, 0.15) is 52.4 Å². The van der Waals surface area contributed by atoms with Gasteiger partial charge in [0, 0.05) is 18.6 Å². The molecule has 2 heteroatoms. The van der Waals surface area contributed by atoms with Crippen LogP contribution in [0.4, 0.5) is 0 Å². The largest absolute Gasteiger partial charge is 0.313 e. The van der Waals surface area contributed by atoms with Gasteiger partial charge in [0.1, 0.15) is 0 Å². The Kier molecular flexibility index (Phi) is 4.66. The normalized spacial score (nSPS) is 34.3. The quantitative estimate of drug-likeness (QED) is 0.746. The minimum Gasteiger partial charge on any atom is -0.313 e. The third kappa shape index (κ3) is 3.21. The fraction of sp³-hybridized carbons (Fsp3) is 1.00. The third-order valence-electron chi connectivity index (χ3n) is 4.28. The molecule has 1 saturated heterocycles. The van der Waals surface area contributed by atoms with Crippen molar-refractivity contribution in [1.82, 2.24) is 10.2 Å². The van der Waals surface area contributed by atoms with Crippen molar-refractivity contribution in [3.8, 4) is 0 Å². The van der Waals surface area contributed by atoms with Crippen molar-refractivity contribution in [3.63, 3.8) is 0 Å². The summed E-state index contributed by atoms with van der Waals surface area (Å²) in [4.78, 5) is 2.77. The van der Waals surface area contributed by atoms with Crippen molar-refractivity contribution in [2.24, 2.45) is 5.92 Å². The monoisotopic (exact) mass is 224 g/mol. The lowest BCUT2D eigenvalue weighted by molar-refractivity contribution is 0.0772. The van der Waals surface area contributed by atoms with Crippen LogP contribution in [-0.4, -0.2) is 36.6 Å². The van der Waals surface area contributed by atoms with Crippen LogP contribution in [0.5, 0.6) is 0 Å². The van der Waals surface area contributed by atoms with Gasteiger partial charge < -0.3 is 5.32 Å². The SMILES string of the molecule is CCCCN(CC1CCCN1)C1CC(C)C1. The first-order valence-corrected chi connectivity index (χ1v) is 7.27. The smallest absolute Gasteiger partial charge is 0.0195 e. The van der Waals surface area contributed by atoms with Crippen LogP contribution in [0.3, 0.4) is 0 Å². The molecule has 16 heavy (non-hydrogen) atoms. The number of nitrogens with zero attached hydrogens (tertiary/aromatic N) is 1.